The molecule has 106 valence electrons. The van der Waals surface area contributed by atoms with Gasteiger partial charge in [0.2, 0.25) is 0 Å². The highest BCUT2D eigenvalue weighted by atomic mass is 32.1. The minimum absolute atomic E-state index is 0.188. The van der Waals surface area contributed by atoms with Gasteiger partial charge in [0.25, 0.3) is 5.91 Å². The summed E-state index contributed by atoms with van der Waals surface area (Å²) in [6.45, 7) is 2.38. The van der Waals surface area contributed by atoms with Crippen molar-refractivity contribution in [3.05, 3.63) is 41.4 Å². The first-order valence-corrected chi connectivity index (χ1v) is 7.56. The van der Waals surface area contributed by atoms with Gasteiger partial charge in [-0.3, -0.25) is 4.79 Å². The van der Waals surface area contributed by atoms with Crippen molar-refractivity contribution in [2.24, 2.45) is 0 Å². The summed E-state index contributed by atoms with van der Waals surface area (Å²) in [6, 6.07) is 9.78. The van der Waals surface area contributed by atoms with Crippen LogP contribution >= 0.6 is 11.3 Å². The van der Waals surface area contributed by atoms with Crippen molar-refractivity contribution in [2.75, 3.05) is 6.54 Å². The predicted molar refractivity (Wildman–Crippen MR) is 80.8 cm³/mol. The fraction of sp³-hybridized carbons (Fsp3) is 0.333. The molecule has 1 amide bonds. The molecule has 0 bridgehead atoms. The Morgan fingerprint density at radius 1 is 1.40 bits per heavy atom. The second-order valence-electron chi connectivity index (χ2n) is 4.51. The van der Waals surface area contributed by atoms with Crippen molar-refractivity contribution in [2.45, 2.75) is 25.9 Å². The number of hydrogen-bond acceptors (Lipinski definition) is 4. The van der Waals surface area contributed by atoms with Crippen LogP contribution in [0.3, 0.4) is 0 Å². The summed E-state index contributed by atoms with van der Waals surface area (Å²) in [6.07, 6.45) is 0.911. The van der Waals surface area contributed by atoms with Crippen LogP contribution in [0.4, 0.5) is 0 Å². The molecule has 0 spiro atoms. The quantitative estimate of drug-likeness (QED) is 0.860. The van der Waals surface area contributed by atoms with Crippen LogP contribution in [0.5, 0.6) is 0 Å². The Labute approximate surface area is 122 Å². The molecule has 5 heteroatoms. The molecule has 0 saturated heterocycles. The number of carbonyl (C=O) groups excluding carboxylic acids is 1. The first kappa shape index (κ1) is 14.7. The van der Waals surface area contributed by atoms with Crippen molar-refractivity contribution < 1.29 is 9.90 Å². The molecule has 0 aliphatic rings. The van der Waals surface area contributed by atoms with Gasteiger partial charge in [-0.25, -0.2) is 4.98 Å². The maximum atomic E-state index is 11.9. The molecule has 20 heavy (non-hydrogen) atoms. The molecule has 1 unspecified atom stereocenters. The Morgan fingerprint density at radius 3 is 2.85 bits per heavy atom. The Bertz CT molecular complexity index is 554. The SMILES string of the molecule is CCC(O)CCNC(=O)c1csc(-c2ccccc2)n1. The Hall–Kier alpha value is -1.72. The van der Waals surface area contributed by atoms with Gasteiger partial charge in [-0.1, -0.05) is 37.3 Å². The largest absolute Gasteiger partial charge is 0.393 e. The van der Waals surface area contributed by atoms with E-state index in [1.54, 1.807) is 5.38 Å². The van der Waals surface area contributed by atoms with Gasteiger partial charge in [-0.2, -0.15) is 0 Å². The van der Waals surface area contributed by atoms with Crippen LogP contribution in [-0.2, 0) is 0 Å². The van der Waals surface area contributed by atoms with Gasteiger partial charge in [0.05, 0.1) is 6.10 Å². The number of nitrogens with one attached hydrogen (secondary N) is 1. The molecule has 0 radical (unpaired) electrons. The zero-order chi connectivity index (χ0) is 14.4. The number of nitrogens with zero attached hydrogens (tertiary/aromatic N) is 1. The normalized spacial score (nSPS) is 12.1. The van der Waals surface area contributed by atoms with E-state index >= 15 is 0 Å². The van der Waals surface area contributed by atoms with E-state index in [9.17, 15) is 9.90 Å². The number of amides is 1. The summed E-state index contributed by atoms with van der Waals surface area (Å²) in [5.74, 6) is -0.188. The van der Waals surface area contributed by atoms with E-state index in [-0.39, 0.29) is 12.0 Å². The number of thiazole rings is 1. The summed E-state index contributed by atoms with van der Waals surface area (Å²) in [4.78, 5) is 16.3. The van der Waals surface area contributed by atoms with Crippen LogP contribution in [0, 0.1) is 0 Å². The molecule has 0 aliphatic heterocycles. The number of aliphatic hydroxyl groups excluding tert-OH is 1. The fourth-order valence-corrected chi connectivity index (χ4v) is 2.54. The summed E-state index contributed by atoms with van der Waals surface area (Å²) in [7, 11) is 0. The lowest BCUT2D eigenvalue weighted by Gasteiger charge is -2.07. The molecule has 1 heterocycles. The van der Waals surface area contributed by atoms with E-state index in [1.807, 2.05) is 37.3 Å². The number of aliphatic hydroxyl groups is 1. The Balaban J connectivity index is 1.93. The summed E-state index contributed by atoms with van der Waals surface area (Å²) < 4.78 is 0. The number of carbonyl (C=O) groups is 1. The van der Waals surface area contributed by atoms with E-state index in [0.29, 0.717) is 25.1 Å². The van der Waals surface area contributed by atoms with Crippen molar-refractivity contribution in [1.82, 2.24) is 10.3 Å². The summed E-state index contributed by atoms with van der Waals surface area (Å²) in [5.41, 5.74) is 1.44. The maximum absolute atomic E-state index is 11.9. The van der Waals surface area contributed by atoms with Gasteiger partial charge in [0.1, 0.15) is 10.7 Å². The third-order valence-corrected chi connectivity index (χ3v) is 3.88. The molecule has 1 atom stereocenters. The molecule has 4 nitrogen and oxygen atoms in total. The highest BCUT2D eigenvalue weighted by Gasteiger charge is 2.11. The Morgan fingerprint density at radius 2 is 2.15 bits per heavy atom. The number of rotatable bonds is 6. The lowest BCUT2D eigenvalue weighted by molar-refractivity contribution is 0.0938. The monoisotopic (exact) mass is 290 g/mol. The summed E-state index contributed by atoms with van der Waals surface area (Å²) >= 11 is 1.45. The van der Waals surface area contributed by atoms with Gasteiger partial charge in [0, 0.05) is 17.5 Å². The molecule has 0 saturated carbocycles. The molecule has 0 fully saturated rings. The van der Waals surface area contributed by atoms with Crippen molar-refractivity contribution in [1.29, 1.82) is 0 Å². The number of hydrogen-bond donors (Lipinski definition) is 2. The second kappa shape index (κ2) is 7.17. The van der Waals surface area contributed by atoms with Gasteiger partial charge >= 0.3 is 0 Å². The molecular weight excluding hydrogens is 272 g/mol. The Kier molecular flexibility index (Phi) is 5.26. The van der Waals surface area contributed by atoms with Crippen LogP contribution in [0.1, 0.15) is 30.3 Å². The van der Waals surface area contributed by atoms with Gasteiger partial charge in [0.15, 0.2) is 0 Å². The van der Waals surface area contributed by atoms with Gasteiger partial charge < -0.3 is 10.4 Å². The first-order chi connectivity index (χ1) is 9.70. The average Bonchev–Trinajstić information content (AvgIpc) is 2.97. The lowest BCUT2D eigenvalue weighted by atomic mass is 10.2. The fourth-order valence-electron chi connectivity index (χ4n) is 1.74. The molecule has 1 aromatic carbocycles. The van der Waals surface area contributed by atoms with Crippen molar-refractivity contribution in [3.8, 4) is 10.6 Å². The number of aromatic nitrogens is 1. The topological polar surface area (TPSA) is 62.2 Å². The predicted octanol–water partition coefficient (Wildman–Crippen LogP) is 2.70. The third-order valence-electron chi connectivity index (χ3n) is 2.99. The van der Waals surface area contributed by atoms with Crippen LogP contribution in [0.15, 0.2) is 35.7 Å². The molecule has 0 aliphatic carbocycles. The van der Waals surface area contributed by atoms with Crippen LogP contribution in [0.25, 0.3) is 10.6 Å². The highest BCUT2D eigenvalue weighted by Crippen LogP contribution is 2.23. The molecule has 1 aromatic heterocycles. The van der Waals surface area contributed by atoms with E-state index in [0.717, 1.165) is 10.6 Å². The third kappa shape index (κ3) is 3.88. The molecule has 2 N–H and O–H groups in total. The molecule has 2 aromatic rings. The average molecular weight is 290 g/mol. The molecular formula is C15H18N2O2S. The van der Waals surface area contributed by atoms with Crippen LogP contribution in [-0.4, -0.2) is 28.6 Å². The van der Waals surface area contributed by atoms with Gasteiger partial charge in [-0.15, -0.1) is 11.3 Å². The molecule has 2 rings (SSSR count). The zero-order valence-corrected chi connectivity index (χ0v) is 12.2. The van der Waals surface area contributed by atoms with Gasteiger partial charge in [-0.05, 0) is 12.8 Å². The standard InChI is InChI=1S/C15H18N2O2S/c1-2-12(18)8-9-16-14(19)13-10-20-15(17-13)11-6-4-3-5-7-11/h3-7,10,12,18H,2,8-9H2,1H3,(H,16,19). The van der Waals surface area contributed by atoms with Crippen LogP contribution in [0.2, 0.25) is 0 Å². The second-order valence-corrected chi connectivity index (χ2v) is 5.37. The van der Waals surface area contributed by atoms with E-state index in [1.165, 1.54) is 11.3 Å². The first-order valence-electron chi connectivity index (χ1n) is 6.68. The maximum Gasteiger partial charge on any atom is 0.270 e. The van der Waals surface area contributed by atoms with Crippen molar-refractivity contribution in [3.63, 3.8) is 0 Å². The minimum Gasteiger partial charge on any atom is -0.393 e. The number of benzene rings is 1. The van der Waals surface area contributed by atoms with Crippen LogP contribution < -0.4 is 5.32 Å². The smallest absolute Gasteiger partial charge is 0.270 e. The van der Waals surface area contributed by atoms with Crippen molar-refractivity contribution >= 4 is 17.2 Å². The van der Waals surface area contributed by atoms with E-state index < -0.39 is 0 Å². The highest BCUT2D eigenvalue weighted by molar-refractivity contribution is 7.13. The lowest BCUT2D eigenvalue weighted by Crippen LogP contribution is -2.27. The van der Waals surface area contributed by atoms with E-state index in [4.69, 9.17) is 0 Å². The summed E-state index contributed by atoms with van der Waals surface area (Å²) in [5, 5.41) is 14.8. The van der Waals surface area contributed by atoms with E-state index in [2.05, 4.69) is 10.3 Å². The zero-order valence-electron chi connectivity index (χ0n) is 11.4. The minimum atomic E-state index is -0.356.